The number of hydrogen-bond donors (Lipinski definition) is 2. The van der Waals surface area contributed by atoms with Crippen LogP contribution in [0.2, 0.25) is 5.02 Å². The van der Waals surface area contributed by atoms with E-state index in [1.165, 1.54) is 24.3 Å². The summed E-state index contributed by atoms with van der Waals surface area (Å²) in [6.07, 6.45) is 0. The van der Waals surface area contributed by atoms with Gasteiger partial charge in [-0.2, -0.15) is 0 Å². The molecule has 0 atom stereocenters. The van der Waals surface area contributed by atoms with Crippen molar-refractivity contribution < 1.29 is 13.7 Å². The number of nitrogens with one attached hydrogen (secondary N) is 2. The van der Waals surface area contributed by atoms with Crippen LogP contribution in [0.5, 0.6) is 0 Å². The molecule has 128 valence electrons. The first-order chi connectivity index (χ1) is 11.9. The second kappa shape index (κ2) is 6.86. The van der Waals surface area contributed by atoms with Crippen LogP contribution in [0.25, 0.3) is 0 Å². The Bertz CT molecular complexity index is 944. The number of rotatable bonds is 4. The summed E-state index contributed by atoms with van der Waals surface area (Å²) in [6.45, 7) is 3.48. The number of benzene rings is 1. The van der Waals surface area contributed by atoms with E-state index in [2.05, 4.69) is 25.8 Å². The Morgan fingerprint density at radius 1 is 1.20 bits per heavy atom. The molecule has 2 aromatic heterocycles. The van der Waals surface area contributed by atoms with E-state index in [1.807, 2.05) is 0 Å². The van der Waals surface area contributed by atoms with E-state index >= 15 is 0 Å². The van der Waals surface area contributed by atoms with E-state index in [4.69, 9.17) is 16.1 Å². The van der Waals surface area contributed by atoms with Crippen LogP contribution in [0.1, 0.15) is 21.9 Å². The summed E-state index contributed by atoms with van der Waals surface area (Å²) in [5.41, 5.74) is 1.07. The van der Waals surface area contributed by atoms with Crippen LogP contribution >= 0.6 is 11.6 Å². The Hall–Kier alpha value is -3.00. The van der Waals surface area contributed by atoms with E-state index in [1.54, 1.807) is 19.9 Å². The fourth-order valence-corrected chi connectivity index (χ4v) is 2.23. The standard InChI is InChI=1S/C16H13ClFN5O2/c1-8-5-13(15(24)20-10-3-4-12(18)11(17)7-10)21-16(19-8)22-14-6-9(2)25-23-14/h3-7H,1-2H3,(H,20,24)(H,19,21,22,23). The molecule has 3 aromatic rings. The number of carbonyl (C=O) groups is 1. The summed E-state index contributed by atoms with van der Waals surface area (Å²) in [6, 6.07) is 7.10. The highest BCUT2D eigenvalue weighted by Gasteiger charge is 2.13. The van der Waals surface area contributed by atoms with Gasteiger partial charge in [-0.1, -0.05) is 16.8 Å². The van der Waals surface area contributed by atoms with E-state index in [-0.39, 0.29) is 16.7 Å². The highest BCUT2D eigenvalue weighted by Crippen LogP contribution is 2.20. The predicted molar refractivity (Wildman–Crippen MR) is 90.7 cm³/mol. The van der Waals surface area contributed by atoms with Crippen LogP contribution in [-0.2, 0) is 0 Å². The summed E-state index contributed by atoms with van der Waals surface area (Å²) >= 11 is 5.71. The van der Waals surface area contributed by atoms with Gasteiger partial charge < -0.3 is 15.2 Å². The van der Waals surface area contributed by atoms with Crippen molar-refractivity contribution in [3.05, 3.63) is 58.3 Å². The maximum atomic E-state index is 13.2. The average Bonchev–Trinajstić information content (AvgIpc) is 2.95. The van der Waals surface area contributed by atoms with Gasteiger partial charge in [-0.3, -0.25) is 4.79 Å². The summed E-state index contributed by atoms with van der Waals surface area (Å²) in [5.74, 6) is 0.219. The van der Waals surface area contributed by atoms with Crippen LogP contribution in [-0.4, -0.2) is 21.0 Å². The fraction of sp³-hybridized carbons (Fsp3) is 0.125. The van der Waals surface area contributed by atoms with Gasteiger partial charge in [-0.25, -0.2) is 14.4 Å². The molecule has 9 heteroatoms. The van der Waals surface area contributed by atoms with Gasteiger partial charge in [0, 0.05) is 17.4 Å². The van der Waals surface area contributed by atoms with Gasteiger partial charge in [0.2, 0.25) is 5.95 Å². The number of nitrogens with zero attached hydrogens (tertiary/aromatic N) is 3. The molecule has 2 heterocycles. The number of halogens is 2. The van der Waals surface area contributed by atoms with Gasteiger partial charge in [-0.05, 0) is 38.1 Å². The van der Waals surface area contributed by atoms with E-state index in [0.717, 1.165) is 0 Å². The molecule has 0 fully saturated rings. The lowest BCUT2D eigenvalue weighted by Gasteiger charge is -2.08. The molecule has 0 unspecified atom stereocenters. The molecule has 1 aromatic carbocycles. The van der Waals surface area contributed by atoms with Gasteiger partial charge in [0.15, 0.2) is 5.82 Å². The van der Waals surface area contributed by atoms with Crippen molar-refractivity contribution in [1.82, 2.24) is 15.1 Å². The topological polar surface area (TPSA) is 92.9 Å². The molecular weight excluding hydrogens is 349 g/mol. The third kappa shape index (κ3) is 4.10. The number of aryl methyl sites for hydroxylation is 2. The average molecular weight is 362 g/mol. The highest BCUT2D eigenvalue weighted by atomic mass is 35.5. The van der Waals surface area contributed by atoms with E-state index in [9.17, 15) is 9.18 Å². The molecule has 0 saturated carbocycles. The number of carbonyl (C=O) groups excluding carboxylic acids is 1. The first-order valence-electron chi connectivity index (χ1n) is 7.23. The number of hydrogen-bond acceptors (Lipinski definition) is 6. The lowest BCUT2D eigenvalue weighted by Crippen LogP contribution is -2.15. The van der Waals surface area contributed by atoms with Crippen LogP contribution in [0.15, 0.2) is 34.9 Å². The van der Waals surface area contributed by atoms with Gasteiger partial charge in [0.05, 0.1) is 5.02 Å². The zero-order chi connectivity index (χ0) is 18.0. The number of aromatic nitrogens is 3. The maximum absolute atomic E-state index is 13.2. The highest BCUT2D eigenvalue weighted by molar-refractivity contribution is 6.31. The third-order valence-electron chi connectivity index (χ3n) is 3.13. The van der Waals surface area contributed by atoms with E-state index in [0.29, 0.717) is 23.0 Å². The third-order valence-corrected chi connectivity index (χ3v) is 3.42. The molecule has 1 amide bonds. The Morgan fingerprint density at radius 2 is 2.00 bits per heavy atom. The summed E-state index contributed by atoms with van der Waals surface area (Å²) < 4.78 is 18.1. The molecule has 0 aliphatic carbocycles. The number of anilines is 3. The lowest BCUT2D eigenvalue weighted by molar-refractivity contribution is 0.102. The van der Waals surface area contributed by atoms with Crippen LogP contribution < -0.4 is 10.6 Å². The SMILES string of the molecule is Cc1cc(C(=O)Nc2ccc(F)c(Cl)c2)nc(Nc2cc(C)on2)n1. The second-order valence-electron chi connectivity index (χ2n) is 5.25. The molecule has 0 bridgehead atoms. The summed E-state index contributed by atoms with van der Waals surface area (Å²) in [7, 11) is 0. The predicted octanol–water partition coefficient (Wildman–Crippen LogP) is 3.87. The molecule has 2 N–H and O–H groups in total. The zero-order valence-corrected chi connectivity index (χ0v) is 14.1. The normalized spacial score (nSPS) is 10.6. The first-order valence-corrected chi connectivity index (χ1v) is 7.61. The monoisotopic (exact) mass is 361 g/mol. The first kappa shape index (κ1) is 16.8. The van der Waals surface area contributed by atoms with E-state index < -0.39 is 11.7 Å². The molecule has 0 spiro atoms. The summed E-state index contributed by atoms with van der Waals surface area (Å²) in [5, 5.41) is 9.17. The van der Waals surface area contributed by atoms with Gasteiger partial charge >= 0.3 is 0 Å². The Morgan fingerprint density at radius 3 is 2.68 bits per heavy atom. The summed E-state index contributed by atoms with van der Waals surface area (Å²) in [4.78, 5) is 20.7. The smallest absolute Gasteiger partial charge is 0.274 e. The molecule has 0 aliphatic heterocycles. The minimum Gasteiger partial charge on any atom is -0.360 e. The minimum atomic E-state index is -0.563. The molecule has 25 heavy (non-hydrogen) atoms. The van der Waals surface area contributed by atoms with Crippen LogP contribution in [0.3, 0.4) is 0 Å². The van der Waals surface area contributed by atoms with Crippen molar-refractivity contribution >= 4 is 35.0 Å². The molecule has 0 aliphatic rings. The largest absolute Gasteiger partial charge is 0.360 e. The fourth-order valence-electron chi connectivity index (χ4n) is 2.05. The van der Waals surface area contributed by atoms with Gasteiger partial charge in [-0.15, -0.1) is 0 Å². The second-order valence-corrected chi connectivity index (χ2v) is 5.66. The quantitative estimate of drug-likeness (QED) is 0.732. The van der Waals surface area contributed by atoms with Gasteiger partial charge in [0.25, 0.3) is 5.91 Å². The van der Waals surface area contributed by atoms with Crippen molar-refractivity contribution in [2.75, 3.05) is 10.6 Å². The molecular formula is C16H13ClFN5O2. The minimum absolute atomic E-state index is 0.0829. The van der Waals surface area contributed by atoms with Crippen molar-refractivity contribution in [1.29, 1.82) is 0 Å². The van der Waals surface area contributed by atoms with Crippen molar-refractivity contribution in [3.63, 3.8) is 0 Å². The Labute approximate surface area is 147 Å². The zero-order valence-electron chi connectivity index (χ0n) is 13.3. The molecule has 0 saturated heterocycles. The van der Waals surface area contributed by atoms with Gasteiger partial charge in [0.1, 0.15) is 17.3 Å². The Balaban J connectivity index is 1.81. The van der Waals surface area contributed by atoms with Crippen molar-refractivity contribution in [3.8, 4) is 0 Å². The van der Waals surface area contributed by atoms with Crippen LogP contribution in [0.4, 0.5) is 21.8 Å². The van der Waals surface area contributed by atoms with Crippen LogP contribution in [0, 0.1) is 19.7 Å². The number of amides is 1. The van der Waals surface area contributed by atoms with Crippen molar-refractivity contribution in [2.24, 2.45) is 0 Å². The maximum Gasteiger partial charge on any atom is 0.274 e. The molecule has 7 nitrogen and oxygen atoms in total. The Kier molecular flexibility index (Phi) is 4.62. The lowest BCUT2D eigenvalue weighted by atomic mass is 10.2. The molecule has 0 radical (unpaired) electrons. The molecule has 3 rings (SSSR count). The van der Waals surface area contributed by atoms with Crippen molar-refractivity contribution in [2.45, 2.75) is 13.8 Å².